The first kappa shape index (κ1) is 21.0. The van der Waals surface area contributed by atoms with E-state index in [9.17, 15) is 9.59 Å². The second-order valence-corrected chi connectivity index (χ2v) is 7.60. The highest BCUT2D eigenvalue weighted by Gasteiger charge is 2.40. The summed E-state index contributed by atoms with van der Waals surface area (Å²) in [6, 6.07) is 7.74. The van der Waals surface area contributed by atoms with Gasteiger partial charge >= 0.3 is 0 Å². The standard InChI is InChI=1S/C22H29N3O4/c1-14-5-7-17(8-6-14)21-18(9-10-20(26)25(21)11-12-28-4)22(27)23-13-19-15(2)24-29-16(19)3/h5-8,18,21H,9-13H2,1-4H3,(H,23,27)/t18-,21-/m1/s1. The summed E-state index contributed by atoms with van der Waals surface area (Å²) in [5.74, 6) is 0.374. The van der Waals surface area contributed by atoms with Crippen molar-refractivity contribution < 1.29 is 18.8 Å². The minimum absolute atomic E-state index is 0.0578. The average molecular weight is 399 g/mol. The van der Waals surface area contributed by atoms with Gasteiger partial charge in [-0.1, -0.05) is 35.0 Å². The van der Waals surface area contributed by atoms with Gasteiger partial charge in [-0.25, -0.2) is 0 Å². The Hall–Kier alpha value is -2.67. The van der Waals surface area contributed by atoms with Crippen LogP contribution in [0.1, 0.15) is 47.0 Å². The van der Waals surface area contributed by atoms with Crippen molar-refractivity contribution >= 4 is 11.8 Å². The highest BCUT2D eigenvalue weighted by Crippen LogP contribution is 2.37. The van der Waals surface area contributed by atoms with Gasteiger partial charge in [0.05, 0.1) is 24.3 Å². The van der Waals surface area contributed by atoms with Crippen molar-refractivity contribution in [2.45, 2.75) is 46.2 Å². The van der Waals surface area contributed by atoms with Gasteiger partial charge in [0.25, 0.3) is 0 Å². The summed E-state index contributed by atoms with van der Waals surface area (Å²) in [5.41, 5.74) is 3.78. The number of nitrogens with zero attached hydrogens (tertiary/aromatic N) is 2. The fraction of sp³-hybridized carbons (Fsp3) is 0.500. The highest BCUT2D eigenvalue weighted by molar-refractivity contribution is 5.85. The summed E-state index contributed by atoms with van der Waals surface area (Å²) >= 11 is 0. The summed E-state index contributed by atoms with van der Waals surface area (Å²) in [5, 5.41) is 6.97. The number of nitrogens with one attached hydrogen (secondary N) is 1. The number of hydrogen-bond acceptors (Lipinski definition) is 5. The number of benzene rings is 1. The molecule has 1 aromatic heterocycles. The smallest absolute Gasteiger partial charge is 0.225 e. The number of piperidine rings is 1. The van der Waals surface area contributed by atoms with Crippen LogP contribution < -0.4 is 5.32 Å². The van der Waals surface area contributed by atoms with E-state index in [1.165, 1.54) is 0 Å². The van der Waals surface area contributed by atoms with E-state index >= 15 is 0 Å². The minimum atomic E-state index is -0.326. The molecule has 0 bridgehead atoms. The van der Waals surface area contributed by atoms with Crippen LogP contribution in [0.15, 0.2) is 28.8 Å². The molecule has 1 fully saturated rings. The van der Waals surface area contributed by atoms with Crippen molar-refractivity contribution in [3.8, 4) is 0 Å². The largest absolute Gasteiger partial charge is 0.383 e. The third-order valence-corrected chi connectivity index (χ3v) is 5.62. The number of ether oxygens (including phenoxy) is 1. The quantitative estimate of drug-likeness (QED) is 0.774. The minimum Gasteiger partial charge on any atom is -0.383 e. The van der Waals surface area contributed by atoms with E-state index in [1.54, 1.807) is 12.0 Å². The number of methoxy groups -OCH3 is 1. The molecule has 1 N–H and O–H groups in total. The molecule has 29 heavy (non-hydrogen) atoms. The van der Waals surface area contributed by atoms with E-state index in [-0.39, 0.29) is 23.8 Å². The van der Waals surface area contributed by atoms with Gasteiger partial charge in [-0.3, -0.25) is 9.59 Å². The Bertz CT molecular complexity index is 840. The molecule has 0 spiro atoms. The van der Waals surface area contributed by atoms with Gasteiger partial charge in [0, 0.05) is 32.2 Å². The van der Waals surface area contributed by atoms with Crippen molar-refractivity contribution in [2.75, 3.05) is 20.3 Å². The normalized spacial score (nSPS) is 19.4. The molecule has 2 aromatic rings. The number of carbonyl (C=O) groups excluding carboxylic acids is 2. The topological polar surface area (TPSA) is 84.7 Å². The lowest BCUT2D eigenvalue weighted by molar-refractivity contribution is -0.144. The van der Waals surface area contributed by atoms with Crippen LogP contribution in [0.4, 0.5) is 0 Å². The zero-order valence-electron chi connectivity index (χ0n) is 17.5. The third-order valence-electron chi connectivity index (χ3n) is 5.62. The molecule has 7 nitrogen and oxygen atoms in total. The monoisotopic (exact) mass is 399 g/mol. The van der Waals surface area contributed by atoms with Crippen LogP contribution in [0.2, 0.25) is 0 Å². The maximum Gasteiger partial charge on any atom is 0.225 e. The summed E-state index contributed by atoms with van der Waals surface area (Å²) in [6.07, 6.45) is 0.879. The van der Waals surface area contributed by atoms with Gasteiger partial charge < -0.3 is 19.5 Å². The molecular formula is C22H29N3O4. The molecule has 2 amide bonds. The summed E-state index contributed by atoms with van der Waals surface area (Å²) in [6.45, 7) is 6.97. The number of carbonyl (C=O) groups is 2. The number of aromatic nitrogens is 1. The van der Waals surface area contributed by atoms with Gasteiger partial charge in [-0.05, 0) is 32.8 Å². The molecule has 0 aliphatic carbocycles. The van der Waals surface area contributed by atoms with E-state index in [0.29, 0.717) is 38.3 Å². The first-order valence-corrected chi connectivity index (χ1v) is 9.96. The SMILES string of the molecule is COCCN1C(=O)CC[C@@H](C(=O)NCc2c(C)noc2C)[C@H]1c1ccc(C)cc1. The van der Waals surface area contributed by atoms with Gasteiger partial charge in [0.15, 0.2) is 0 Å². The van der Waals surface area contributed by atoms with Gasteiger partial charge in [-0.15, -0.1) is 0 Å². The Balaban J connectivity index is 1.84. The molecule has 0 unspecified atom stereocenters. The maximum absolute atomic E-state index is 13.2. The molecule has 1 aromatic carbocycles. The number of likely N-dealkylation sites (tertiary alicyclic amines) is 1. The lowest BCUT2D eigenvalue weighted by atomic mass is 9.83. The second-order valence-electron chi connectivity index (χ2n) is 7.60. The van der Waals surface area contributed by atoms with E-state index in [0.717, 1.165) is 22.4 Å². The van der Waals surface area contributed by atoms with E-state index in [1.807, 2.05) is 45.0 Å². The molecule has 1 aliphatic heterocycles. The molecule has 3 rings (SSSR count). The fourth-order valence-electron chi connectivity index (χ4n) is 3.92. The molecule has 1 aliphatic rings. The first-order valence-electron chi connectivity index (χ1n) is 9.96. The van der Waals surface area contributed by atoms with Crippen LogP contribution in [0.3, 0.4) is 0 Å². The van der Waals surface area contributed by atoms with Crippen molar-refractivity contribution in [3.63, 3.8) is 0 Å². The maximum atomic E-state index is 13.2. The Morgan fingerprint density at radius 1 is 1.28 bits per heavy atom. The van der Waals surface area contributed by atoms with Crippen molar-refractivity contribution in [1.29, 1.82) is 0 Å². The summed E-state index contributed by atoms with van der Waals surface area (Å²) < 4.78 is 10.4. The number of rotatable bonds is 7. The third kappa shape index (κ3) is 4.67. The number of amides is 2. The molecule has 1 saturated heterocycles. The molecule has 7 heteroatoms. The van der Waals surface area contributed by atoms with Crippen LogP contribution >= 0.6 is 0 Å². The van der Waals surface area contributed by atoms with Gasteiger partial charge in [0.2, 0.25) is 11.8 Å². The molecule has 156 valence electrons. The van der Waals surface area contributed by atoms with E-state index in [2.05, 4.69) is 10.5 Å². The highest BCUT2D eigenvalue weighted by atomic mass is 16.5. The molecule has 2 atom stereocenters. The molecule has 2 heterocycles. The molecule has 0 saturated carbocycles. The Morgan fingerprint density at radius 2 is 2.00 bits per heavy atom. The fourth-order valence-corrected chi connectivity index (χ4v) is 3.92. The molecular weight excluding hydrogens is 370 g/mol. The van der Waals surface area contributed by atoms with Crippen LogP contribution in [0, 0.1) is 26.7 Å². The lowest BCUT2D eigenvalue weighted by Crippen LogP contribution is -2.49. The molecule has 0 radical (unpaired) electrons. The second kappa shape index (κ2) is 9.22. The average Bonchev–Trinajstić information content (AvgIpc) is 3.03. The predicted molar refractivity (Wildman–Crippen MR) is 108 cm³/mol. The summed E-state index contributed by atoms with van der Waals surface area (Å²) in [4.78, 5) is 27.6. The number of aryl methyl sites for hydroxylation is 3. The van der Waals surface area contributed by atoms with Crippen molar-refractivity contribution in [2.24, 2.45) is 5.92 Å². The predicted octanol–water partition coefficient (Wildman–Crippen LogP) is 2.84. The van der Waals surface area contributed by atoms with Crippen LogP contribution in [0.25, 0.3) is 0 Å². The Labute approximate surface area is 171 Å². The Morgan fingerprint density at radius 3 is 2.62 bits per heavy atom. The van der Waals surface area contributed by atoms with Crippen LogP contribution in [0.5, 0.6) is 0 Å². The summed E-state index contributed by atoms with van der Waals surface area (Å²) in [7, 11) is 1.61. The van der Waals surface area contributed by atoms with Crippen LogP contribution in [-0.2, 0) is 20.9 Å². The first-order chi connectivity index (χ1) is 13.9. The number of hydrogen-bond donors (Lipinski definition) is 1. The zero-order chi connectivity index (χ0) is 21.0. The van der Waals surface area contributed by atoms with Crippen LogP contribution in [-0.4, -0.2) is 42.1 Å². The Kier molecular flexibility index (Phi) is 6.69. The lowest BCUT2D eigenvalue weighted by Gasteiger charge is -2.40. The van der Waals surface area contributed by atoms with E-state index < -0.39 is 0 Å². The van der Waals surface area contributed by atoms with Gasteiger partial charge in [0.1, 0.15) is 5.76 Å². The van der Waals surface area contributed by atoms with Gasteiger partial charge in [-0.2, -0.15) is 0 Å². The van der Waals surface area contributed by atoms with E-state index in [4.69, 9.17) is 9.26 Å². The zero-order valence-corrected chi connectivity index (χ0v) is 17.5. The van der Waals surface area contributed by atoms with Crippen molar-refractivity contribution in [3.05, 3.63) is 52.4 Å². The van der Waals surface area contributed by atoms with Crippen molar-refractivity contribution in [1.82, 2.24) is 15.4 Å².